The van der Waals surface area contributed by atoms with E-state index in [-0.39, 0.29) is 5.41 Å². The molecule has 3 nitrogen and oxygen atoms in total. The normalized spacial score (nSPS) is 12.5. The lowest BCUT2D eigenvalue weighted by atomic mass is 9.78. The quantitative estimate of drug-likeness (QED) is 0.176. The fourth-order valence-corrected chi connectivity index (χ4v) is 7.95. The minimum Gasteiger partial charge on any atom is -0.228 e. The van der Waals surface area contributed by atoms with Crippen molar-refractivity contribution in [2.24, 2.45) is 0 Å². The molecule has 7 aromatic carbocycles. The topological polar surface area (TPSA) is 49.6 Å². The van der Waals surface area contributed by atoms with E-state index in [0.29, 0.717) is 11.4 Å². The molecule has 0 spiro atoms. The molecule has 1 aliphatic carbocycles. The van der Waals surface area contributed by atoms with Crippen LogP contribution in [0.15, 0.2) is 176 Å². The second-order valence-corrected chi connectivity index (χ2v) is 14.1. The minimum absolute atomic E-state index is 0.309. The van der Waals surface area contributed by atoms with Crippen molar-refractivity contribution in [2.75, 3.05) is 0 Å². The monoisotopic (exact) mass is 677 g/mol. The highest BCUT2D eigenvalue weighted by Gasteiger charge is 2.39. The van der Waals surface area contributed by atoms with Gasteiger partial charge in [0.1, 0.15) is 0 Å². The predicted molar refractivity (Wildman–Crippen MR) is 217 cm³/mol. The van der Waals surface area contributed by atoms with Gasteiger partial charge in [-0.2, -0.15) is 5.26 Å². The van der Waals surface area contributed by atoms with Gasteiger partial charge in [-0.25, -0.2) is 9.97 Å². The van der Waals surface area contributed by atoms with E-state index < -0.39 is 0 Å². The number of fused-ring (bicyclic) bond motifs is 3. The van der Waals surface area contributed by atoms with Gasteiger partial charge in [-0.15, -0.1) is 0 Å². The number of nitrogens with zero attached hydrogens (tertiary/aromatic N) is 3. The smallest absolute Gasteiger partial charge is 0.161 e. The van der Waals surface area contributed by atoms with Crippen LogP contribution < -0.4 is 0 Å². The Balaban J connectivity index is 1.21. The summed E-state index contributed by atoms with van der Waals surface area (Å²) in [7, 11) is 0. The van der Waals surface area contributed by atoms with Gasteiger partial charge in [0.15, 0.2) is 5.82 Å². The number of nitriles is 1. The zero-order valence-corrected chi connectivity index (χ0v) is 29.6. The van der Waals surface area contributed by atoms with E-state index in [1.54, 1.807) is 0 Å². The van der Waals surface area contributed by atoms with Gasteiger partial charge in [-0.05, 0) is 62.2 Å². The zero-order chi connectivity index (χ0) is 35.9. The molecular weight excluding hydrogens is 643 g/mol. The molecule has 1 aromatic heterocycles. The molecule has 3 heteroatoms. The third-order valence-corrected chi connectivity index (χ3v) is 10.6. The van der Waals surface area contributed by atoms with Crippen LogP contribution in [0, 0.1) is 11.3 Å². The molecule has 8 aromatic rings. The molecule has 0 saturated heterocycles. The lowest BCUT2D eigenvalue weighted by Gasteiger charge is -2.25. The van der Waals surface area contributed by atoms with Crippen LogP contribution in [0.5, 0.6) is 0 Å². The molecule has 0 aliphatic heterocycles. The molecule has 0 N–H and O–H groups in total. The molecule has 0 radical (unpaired) electrons. The first-order valence-corrected chi connectivity index (χ1v) is 18.0. The molecule has 0 atom stereocenters. The fraction of sp³-hybridized carbons (Fsp3) is 0.0600. The van der Waals surface area contributed by atoms with E-state index in [9.17, 15) is 5.26 Å². The van der Waals surface area contributed by atoms with Gasteiger partial charge in [0.05, 0.1) is 23.0 Å². The first-order chi connectivity index (χ1) is 26.0. The van der Waals surface area contributed by atoms with Crippen molar-refractivity contribution < 1.29 is 0 Å². The van der Waals surface area contributed by atoms with E-state index in [2.05, 4.69) is 172 Å². The van der Waals surface area contributed by atoms with Crippen molar-refractivity contribution in [3.63, 3.8) is 0 Å². The number of hydrogen-bond donors (Lipinski definition) is 0. The lowest BCUT2D eigenvalue weighted by Crippen LogP contribution is -2.16. The van der Waals surface area contributed by atoms with Crippen LogP contribution in [0.25, 0.3) is 78.4 Å². The molecular formula is C50H35N3. The molecule has 0 saturated carbocycles. The van der Waals surface area contributed by atoms with Crippen LogP contribution in [-0.2, 0) is 5.41 Å². The number of hydrogen-bond acceptors (Lipinski definition) is 3. The summed E-state index contributed by atoms with van der Waals surface area (Å²) in [6, 6.07) is 63.7. The van der Waals surface area contributed by atoms with Crippen LogP contribution >= 0.6 is 0 Å². The maximum absolute atomic E-state index is 10.1. The molecule has 250 valence electrons. The van der Waals surface area contributed by atoms with Crippen LogP contribution in [0.1, 0.15) is 30.5 Å². The van der Waals surface area contributed by atoms with Crippen LogP contribution in [0.2, 0.25) is 0 Å². The highest BCUT2D eigenvalue weighted by atomic mass is 14.9. The molecule has 0 fully saturated rings. The Bertz CT molecular complexity index is 2570. The average molecular weight is 678 g/mol. The van der Waals surface area contributed by atoms with E-state index >= 15 is 0 Å². The summed E-state index contributed by atoms with van der Waals surface area (Å²) in [5.74, 6) is 0.663. The Hall–Kier alpha value is -6.89. The summed E-state index contributed by atoms with van der Waals surface area (Å²) < 4.78 is 0. The van der Waals surface area contributed by atoms with Gasteiger partial charge >= 0.3 is 0 Å². The summed E-state index contributed by atoms with van der Waals surface area (Å²) >= 11 is 0. The van der Waals surface area contributed by atoms with Crippen molar-refractivity contribution in [3.05, 3.63) is 193 Å². The van der Waals surface area contributed by atoms with E-state index in [0.717, 1.165) is 61.5 Å². The van der Waals surface area contributed by atoms with Gasteiger partial charge < -0.3 is 0 Å². The van der Waals surface area contributed by atoms with Crippen molar-refractivity contribution in [1.82, 2.24) is 9.97 Å². The lowest BCUT2D eigenvalue weighted by molar-refractivity contribution is 0.662. The summed E-state index contributed by atoms with van der Waals surface area (Å²) in [5.41, 5.74) is 16.5. The predicted octanol–water partition coefficient (Wildman–Crippen LogP) is 12.7. The molecule has 1 heterocycles. The number of benzene rings is 7. The first kappa shape index (κ1) is 32.0. The first-order valence-electron chi connectivity index (χ1n) is 18.0. The van der Waals surface area contributed by atoms with Gasteiger partial charge in [0.25, 0.3) is 0 Å². The van der Waals surface area contributed by atoms with Gasteiger partial charge in [0.2, 0.25) is 0 Å². The third-order valence-electron chi connectivity index (χ3n) is 10.6. The molecule has 0 amide bonds. The minimum atomic E-state index is -0.309. The molecule has 1 aliphatic rings. The van der Waals surface area contributed by atoms with Crippen LogP contribution in [0.3, 0.4) is 0 Å². The summed E-state index contributed by atoms with van der Waals surface area (Å²) in [6.45, 7) is 4.52. The Morgan fingerprint density at radius 1 is 0.434 bits per heavy atom. The molecule has 0 bridgehead atoms. The van der Waals surface area contributed by atoms with Crippen molar-refractivity contribution in [1.29, 1.82) is 5.26 Å². The van der Waals surface area contributed by atoms with Gasteiger partial charge in [-0.3, -0.25) is 0 Å². The highest BCUT2D eigenvalue weighted by Crippen LogP contribution is 2.54. The van der Waals surface area contributed by atoms with Crippen LogP contribution in [0.4, 0.5) is 0 Å². The maximum Gasteiger partial charge on any atom is 0.161 e. The van der Waals surface area contributed by atoms with Crippen LogP contribution in [-0.4, -0.2) is 9.97 Å². The highest BCUT2D eigenvalue weighted by molar-refractivity contribution is 5.94. The Labute approximate surface area is 310 Å². The number of aromatic nitrogens is 2. The van der Waals surface area contributed by atoms with Gasteiger partial charge in [-0.1, -0.05) is 178 Å². The standard InChI is InChI=1S/C50H35N3/c1-50(2)44-22-11-17-39(32-51)47(44)43-21-12-20-41(48(43)50)40-18-9-10-19-42(40)49-52-45(37-27-23-35(24-28-37)33-13-5-3-6-14-33)31-46(53-49)38-29-25-36(26-30-38)34-15-7-4-8-16-34/h3-31H,1-2H3. The summed E-state index contributed by atoms with van der Waals surface area (Å²) in [4.78, 5) is 10.6. The molecule has 53 heavy (non-hydrogen) atoms. The summed E-state index contributed by atoms with van der Waals surface area (Å²) in [6.07, 6.45) is 0. The summed E-state index contributed by atoms with van der Waals surface area (Å²) in [5, 5.41) is 10.1. The Morgan fingerprint density at radius 2 is 0.887 bits per heavy atom. The van der Waals surface area contributed by atoms with E-state index in [1.165, 1.54) is 22.3 Å². The van der Waals surface area contributed by atoms with Crippen molar-refractivity contribution in [2.45, 2.75) is 19.3 Å². The van der Waals surface area contributed by atoms with E-state index in [4.69, 9.17) is 9.97 Å². The molecule has 0 unspecified atom stereocenters. The fourth-order valence-electron chi connectivity index (χ4n) is 7.95. The number of rotatable bonds is 6. The van der Waals surface area contributed by atoms with Crippen molar-refractivity contribution in [3.8, 4) is 84.5 Å². The Kier molecular flexibility index (Phi) is 7.87. The maximum atomic E-state index is 10.1. The Morgan fingerprint density at radius 3 is 1.45 bits per heavy atom. The second-order valence-electron chi connectivity index (χ2n) is 14.1. The zero-order valence-electron chi connectivity index (χ0n) is 29.6. The molecule has 9 rings (SSSR count). The van der Waals surface area contributed by atoms with E-state index in [1.807, 2.05) is 24.3 Å². The average Bonchev–Trinajstić information content (AvgIpc) is 3.47. The third kappa shape index (κ3) is 5.62. The largest absolute Gasteiger partial charge is 0.228 e. The second kappa shape index (κ2) is 13.0. The van der Waals surface area contributed by atoms with Gasteiger partial charge in [0, 0.05) is 27.7 Å². The SMILES string of the molecule is CC1(C)c2cccc(C#N)c2-c2cccc(-c3ccccc3-c3nc(-c4ccc(-c5ccccc5)cc4)cc(-c4ccc(-c5ccccc5)cc4)n3)c21. The van der Waals surface area contributed by atoms with Crippen molar-refractivity contribution >= 4 is 0 Å².